The summed E-state index contributed by atoms with van der Waals surface area (Å²) in [6.45, 7) is 17.3. The molecule has 2 aliphatic heterocycles. The number of carbonyl (C=O) groups is 3. The molecular weight excluding hydrogens is 376 g/mol. The molecule has 0 aromatic rings. The molecule has 0 spiro atoms. The standard InChI is InChI=1S/C20H36N2O5Si/c1-12(2)15-11-26-19(25)22(15)18(24)13(3)16-14(17(23)21-16)9-10-27-28(7,8)20(4,5)6/h12-16H,9-11H2,1-8H3,(H,21,23)/t13-,14?,15-,16?/m1/s1. The van der Waals surface area contributed by atoms with Crippen LogP contribution < -0.4 is 5.32 Å². The van der Waals surface area contributed by atoms with E-state index in [1.807, 2.05) is 13.8 Å². The molecule has 2 saturated heterocycles. The third-order valence-corrected chi connectivity index (χ3v) is 11.2. The van der Waals surface area contributed by atoms with Gasteiger partial charge in [0.25, 0.3) is 0 Å². The number of β-lactam (4-membered cyclic amide) rings is 1. The summed E-state index contributed by atoms with van der Waals surface area (Å²) in [6, 6.07) is -0.525. The molecule has 2 rings (SSSR count). The van der Waals surface area contributed by atoms with Gasteiger partial charge in [-0.2, -0.15) is 0 Å². The molecular formula is C20H36N2O5Si. The average Bonchev–Trinajstić information content (AvgIpc) is 2.95. The van der Waals surface area contributed by atoms with Gasteiger partial charge in [0, 0.05) is 6.61 Å². The second-order valence-electron chi connectivity index (χ2n) is 9.92. The zero-order chi connectivity index (χ0) is 21.4. The fourth-order valence-corrected chi connectivity index (χ4v) is 4.49. The Kier molecular flexibility index (Phi) is 6.65. The molecule has 2 unspecified atom stereocenters. The van der Waals surface area contributed by atoms with Crippen molar-refractivity contribution in [1.82, 2.24) is 10.2 Å². The third-order valence-electron chi connectivity index (χ3n) is 6.62. The number of amides is 3. The van der Waals surface area contributed by atoms with Crippen molar-refractivity contribution in [3.05, 3.63) is 0 Å². The van der Waals surface area contributed by atoms with Crippen LogP contribution in [-0.4, -0.2) is 56.4 Å². The van der Waals surface area contributed by atoms with E-state index in [4.69, 9.17) is 9.16 Å². The number of ether oxygens (including phenoxy) is 1. The first kappa shape index (κ1) is 22.9. The summed E-state index contributed by atoms with van der Waals surface area (Å²) in [7, 11) is -1.87. The second kappa shape index (κ2) is 8.14. The van der Waals surface area contributed by atoms with Gasteiger partial charge in [-0.3, -0.25) is 9.59 Å². The molecule has 0 aromatic heterocycles. The summed E-state index contributed by atoms with van der Waals surface area (Å²) >= 11 is 0. The SMILES string of the molecule is CC(C)[C@H]1COC(=O)N1C(=O)[C@H](C)C1NC(=O)C1CCO[Si](C)(C)C(C)(C)C. The van der Waals surface area contributed by atoms with Gasteiger partial charge in [0.1, 0.15) is 6.61 Å². The van der Waals surface area contributed by atoms with Gasteiger partial charge in [-0.15, -0.1) is 0 Å². The van der Waals surface area contributed by atoms with Crippen molar-refractivity contribution in [2.45, 2.75) is 78.2 Å². The first-order chi connectivity index (χ1) is 12.8. The lowest BCUT2D eigenvalue weighted by molar-refractivity contribution is -0.143. The Morgan fingerprint density at radius 2 is 1.89 bits per heavy atom. The van der Waals surface area contributed by atoms with E-state index in [0.717, 1.165) is 0 Å². The van der Waals surface area contributed by atoms with Crippen molar-refractivity contribution in [2.24, 2.45) is 17.8 Å². The molecule has 0 aromatic carbocycles. The molecule has 1 N–H and O–H groups in total. The van der Waals surface area contributed by atoms with Gasteiger partial charge in [-0.25, -0.2) is 9.69 Å². The van der Waals surface area contributed by atoms with Gasteiger partial charge in [-0.1, -0.05) is 41.5 Å². The highest BCUT2D eigenvalue weighted by Gasteiger charge is 2.49. The van der Waals surface area contributed by atoms with E-state index in [2.05, 4.69) is 39.2 Å². The van der Waals surface area contributed by atoms with Crippen LogP contribution in [0, 0.1) is 17.8 Å². The fraction of sp³-hybridized carbons (Fsp3) is 0.850. The molecule has 2 heterocycles. The summed E-state index contributed by atoms with van der Waals surface area (Å²) in [4.78, 5) is 38.4. The zero-order valence-corrected chi connectivity index (χ0v) is 19.5. The number of hydrogen-bond acceptors (Lipinski definition) is 5. The molecule has 0 aliphatic carbocycles. The third kappa shape index (κ3) is 4.43. The Bertz CT molecular complexity index is 629. The number of nitrogens with zero attached hydrogens (tertiary/aromatic N) is 1. The highest BCUT2D eigenvalue weighted by molar-refractivity contribution is 6.74. The predicted octanol–water partition coefficient (Wildman–Crippen LogP) is 3.15. The average molecular weight is 413 g/mol. The van der Waals surface area contributed by atoms with Crippen LogP contribution in [0.3, 0.4) is 0 Å². The van der Waals surface area contributed by atoms with Crippen molar-refractivity contribution in [1.29, 1.82) is 0 Å². The van der Waals surface area contributed by atoms with E-state index in [1.165, 1.54) is 4.90 Å². The highest BCUT2D eigenvalue weighted by atomic mass is 28.4. The number of hydrogen-bond donors (Lipinski definition) is 1. The lowest BCUT2D eigenvalue weighted by Crippen LogP contribution is -2.64. The van der Waals surface area contributed by atoms with Crippen molar-refractivity contribution < 1.29 is 23.5 Å². The Balaban J connectivity index is 1.98. The lowest BCUT2D eigenvalue weighted by atomic mass is 9.79. The molecule has 0 bridgehead atoms. The topological polar surface area (TPSA) is 84.9 Å². The minimum atomic E-state index is -1.87. The molecule has 160 valence electrons. The van der Waals surface area contributed by atoms with E-state index >= 15 is 0 Å². The largest absolute Gasteiger partial charge is 0.447 e. The van der Waals surface area contributed by atoms with Crippen LogP contribution in [0.25, 0.3) is 0 Å². The van der Waals surface area contributed by atoms with Crippen molar-refractivity contribution in [3.8, 4) is 0 Å². The summed E-state index contributed by atoms with van der Waals surface area (Å²) in [6.07, 6.45) is -0.00222. The maximum absolute atomic E-state index is 13.0. The smallest absolute Gasteiger partial charge is 0.416 e. The van der Waals surface area contributed by atoms with Gasteiger partial charge >= 0.3 is 6.09 Å². The molecule has 8 heteroatoms. The highest BCUT2D eigenvalue weighted by Crippen LogP contribution is 2.37. The van der Waals surface area contributed by atoms with Crippen LogP contribution in [0.2, 0.25) is 18.1 Å². The number of nitrogens with one attached hydrogen (secondary N) is 1. The fourth-order valence-electron chi connectivity index (χ4n) is 3.43. The van der Waals surface area contributed by atoms with E-state index in [9.17, 15) is 14.4 Å². The number of rotatable bonds is 7. The molecule has 2 aliphatic rings. The molecule has 4 atom stereocenters. The molecule has 7 nitrogen and oxygen atoms in total. The van der Waals surface area contributed by atoms with Crippen LogP contribution in [0.15, 0.2) is 0 Å². The number of carbonyl (C=O) groups excluding carboxylic acids is 3. The summed E-state index contributed by atoms with van der Waals surface area (Å²) in [5, 5.41) is 2.96. The van der Waals surface area contributed by atoms with Crippen molar-refractivity contribution in [2.75, 3.05) is 13.2 Å². The molecule has 2 fully saturated rings. The minimum Gasteiger partial charge on any atom is -0.447 e. The van der Waals surface area contributed by atoms with Crippen LogP contribution >= 0.6 is 0 Å². The number of imide groups is 1. The Labute approximate surface area is 169 Å². The van der Waals surface area contributed by atoms with Crippen molar-refractivity contribution in [3.63, 3.8) is 0 Å². The molecule has 3 amide bonds. The van der Waals surface area contributed by atoms with E-state index < -0.39 is 20.3 Å². The van der Waals surface area contributed by atoms with E-state index in [1.54, 1.807) is 6.92 Å². The summed E-state index contributed by atoms with van der Waals surface area (Å²) in [5.41, 5.74) is 0. The van der Waals surface area contributed by atoms with Crippen molar-refractivity contribution >= 4 is 26.2 Å². The summed E-state index contributed by atoms with van der Waals surface area (Å²) < 4.78 is 11.3. The van der Waals surface area contributed by atoms with Gasteiger partial charge < -0.3 is 14.5 Å². The summed E-state index contributed by atoms with van der Waals surface area (Å²) in [5.74, 6) is -0.955. The lowest BCUT2D eigenvalue weighted by Gasteiger charge is -2.42. The van der Waals surface area contributed by atoms with Gasteiger partial charge in [-0.05, 0) is 30.5 Å². The quantitative estimate of drug-likeness (QED) is 0.513. The first-order valence-electron chi connectivity index (χ1n) is 10.2. The second-order valence-corrected chi connectivity index (χ2v) is 14.7. The number of cyclic esters (lactones) is 1. The van der Waals surface area contributed by atoms with Crippen LogP contribution in [-0.2, 0) is 18.8 Å². The zero-order valence-electron chi connectivity index (χ0n) is 18.5. The maximum atomic E-state index is 13.0. The first-order valence-corrected chi connectivity index (χ1v) is 13.1. The Morgan fingerprint density at radius 1 is 1.29 bits per heavy atom. The van der Waals surface area contributed by atoms with Gasteiger partial charge in [0.15, 0.2) is 8.32 Å². The van der Waals surface area contributed by atoms with Crippen LogP contribution in [0.4, 0.5) is 4.79 Å². The van der Waals surface area contributed by atoms with Gasteiger partial charge in [0.05, 0.1) is 23.9 Å². The monoisotopic (exact) mass is 412 g/mol. The molecule has 0 saturated carbocycles. The van der Waals surface area contributed by atoms with Crippen LogP contribution in [0.1, 0.15) is 48.0 Å². The Morgan fingerprint density at radius 3 is 2.39 bits per heavy atom. The Hall–Kier alpha value is -1.41. The van der Waals surface area contributed by atoms with E-state index in [0.29, 0.717) is 13.0 Å². The van der Waals surface area contributed by atoms with E-state index in [-0.39, 0.29) is 47.4 Å². The molecule has 0 radical (unpaired) electrons. The predicted molar refractivity (Wildman–Crippen MR) is 109 cm³/mol. The minimum absolute atomic E-state index is 0.0483. The maximum Gasteiger partial charge on any atom is 0.416 e. The molecule has 28 heavy (non-hydrogen) atoms. The van der Waals surface area contributed by atoms with Crippen LogP contribution in [0.5, 0.6) is 0 Å². The normalized spacial score (nSPS) is 26.8. The van der Waals surface area contributed by atoms with Gasteiger partial charge in [0.2, 0.25) is 11.8 Å².